The van der Waals surface area contributed by atoms with Crippen molar-refractivity contribution in [2.45, 2.75) is 37.6 Å². The first-order chi connectivity index (χ1) is 16.4. The van der Waals surface area contributed by atoms with Gasteiger partial charge in [0, 0.05) is 12.1 Å². The van der Waals surface area contributed by atoms with Crippen LogP contribution in [-0.2, 0) is 6.18 Å². The molecule has 8 heteroatoms. The average Bonchev–Trinajstić information content (AvgIpc) is 3.42. The molecule has 5 nitrogen and oxygen atoms in total. The molecule has 3 aromatic rings. The van der Waals surface area contributed by atoms with Gasteiger partial charge in [0.25, 0.3) is 0 Å². The summed E-state index contributed by atoms with van der Waals surface area (Å²) in [4.78, 5) is 6.54. The molecule has 0 bridgehead atoms. The predicted octanol–water partition coefficient (Wildman–Crippen LogP) is 5.01. The van der Waals surface area contributed by atoms with Gasteiger partial charge in [-0.25, -0.2) is 4.98 Å². The maximum atomic E-state index is 12.9. The van der Waals surface area contributed by atoms with Gasteiger partial charge in [0.15, 0.2) is 0 Å². The van der Waals surface area contributed by atoms with E-state index in [4.69, 9.17) is 4.74 Å². The van der Waals surface area contributed by atoms with Crippen molar-refractivity contribution in [3.63, 3.8) is 0 Å². The zero-order valence-electron chi connectivity index (χ0n) is 18.8. The lowest BCUT2D eigenvalue weighted by Crippen LogP contribution is -2.40. The Balaban J connectivity index is 1.10. The number of hydrogen-bond donors (Lipinski definition) is 1. The number of aliphatic hydroxyl groups is 1. The minimum Gasteiger partial charge on any atom is -0.492 e. The van der Waals surface area contributed by atoms with E-state index in [1.807, 2.05) is 24.7 Å². The average molecular weight is 472 g/mol. The van der Waals surface area contributed by atoms with Crippen molar-refractivity contribution in [3.8, 4) is 17.0 Å². The zero-order valence-corrected chi connectivity index (χ0v) is 18.8. The van der Waals surface area contributed by atoms with Crippen molar-refractivity contribution in [1.82, 2.24) is 14.5 Å². The molecule has 2 atom stereocenters. The van der Waals surface area contributed by atoms with Crippen LogP contribution in [0.3, 0.4) is 0 Å². The normalized spacial score (nSPS) is 19.6. The third-order valence-corrected chi connectivity index (χ3v) is 7.08. The van der Waals surface area contributed by atoms with Crippen LogP contribution in [0.5, 0.6) is 5.75 Å². The van der Waals surface area contributed by atoms with Gasteiger partial charge in [-0.05, 0) is 62.0 Å². The second-order valence-electron chi connectivity index (χ2n) is 9.15. The summed E-state index contributed by atoms with van der Waals surface area (Å²) in [5.41, 5.74) is 2.83. The van der Waals surface area contributed by atoms with Crippen LogP contribution in [0.1, 0.15) is 36.4 Å². The predicted molar refractivity (Wildman–Crippen MR) is 123 cm³/mol. The van der Waals surface area contributed by atoms with Crippen molar-refractivity contribution in [2.24, 2.45) is 5.92 Å². The third-order valence-electron chi connectivity index (χ3n) is 7.08. The lowest BCUT2D eigenvalue weighted by molar-refractivity contribution is -0.137. The second kappa shape index (κ2) is 9.43. The molecular formula is C26H28F3N3O2. The molecule has 5 rings (SSSR count). The Kier molecular flexibility index (Phi) is 6.36. The molecule has 1 N–H and O–H groups in total. The van der Waals surface area contributed by atoms with Gasteiger partial charge >= 0.3 is 6.18 Å². The first kappa shape index (κ1) is 22.9. The number of nitrogens with zero attached hydrogens (tertiary/aromatic N) is 3. The van der Waals surface area contributed by atoms with Crippen LogP contribution < -0.4 is 4.74 Å². The molecule has 1 fully saturated rings. The van der Waals surface area contributed by atoms with Gasteiger partial charge in [0.2, 0.25) is 0 Å². The molecule has 2 aliphatic heterocycles. The van der Waals surface area contributed by atoms with Gasteiger partial charge in [-0.3, -0.25) is 4.90 Å². The highest BCUT2D eigenvalue weighted by molar-refractivity contribution is 5.68. The van der Waals surface area contributed by atoms with Crippen LogP contribution in [0.4, 0.5) is 13.2 Å². The van der Waals surface area contributed by atoms with Crippen LogP contribution in [0.15, 0.2) is 61.1 Å². The summed E-state index contributed by atoms with van der Waals surface area (Å²) in [6.07, 6.45) is 1.37. The number of imidazole rings is 1. The Hall–Kier alpha value is -2.84. The monoisotopic (exact) mass is 471 g/mol. The number of fused-ring (bicyclic) bond motifs is 3. The van der Waals surface area contributed by atoms with E-state index < -0.39 is 17.8 Å². The Morgan fingerprint density at radius 3 is 2.68 bits per heavy atom. The summed E-state index contributed by atoms with van der Waals surface area (Å²) in [7, 11) is 0. The van der Waals surface area contributed by atoms with Crippen LogP contribution in [-0.4, -0.2) is 51.9 Å². The van der Waals surface area contributed by atoms with Gasteiger partial charge in [-0.2, -0.15) is 13.2 Å². The van der Waals surface area contributed by atoms with E-state index in [2.05, 4.69) is 26.6 Å². The van der Waals surface area contributed by atoms with E-state index in [9.17, 15) is 18.3 Å². The van der Waals surface area contributed by atoms with Gasteiger partial charge in [-0.1, -0.05) is 30.3 Å². The number of piperidine rings is 1. The maximum absolute atomic E-state index is 12.9. The standard InChI is InChI=1S/C26H28F3N3O2/c27-26(28,29)19-4-3-5-20(14-19)34-13-12-31-10-8-18(9-11-31)25(33)15-23-21-6-1-2-7-22(21)24-16-30-17-32(23)24/h1-7,14,16-18,23,25,33H,8-13,15H2. The van der Waals surface area contributed by atoms with E-state index in [1.54, 1.807) is 6.07 Å². The van der Waals surface area contributed by atoms with E-state index in [1.165, 1.54) is 17.2 Å². The minimum absolute atomic E-state index is 0.0996. The fourth-order valence-corrected chi connectivity index (χ4v) is 5.21. The fraction of sp³-hybridized carbons (Fsp3) is 0.423. The number of halogens is 3. The molecule has 0 aliphatic carbocycles. The van der Waals surface area contributed by atoms with Gasteiger partial charge < -0.3 is 14.4 Å². The summed E-state index contributed by atoms with van der Waals surface area (Å²) in [5.74, 6) is 0.455. The molecule has 0 radical (unpaired) electrons. The molecular weight excluding hydrogens is 443 g/mol. The van der Waals surface area contributed by atoms with Gasteiger partial charge in [0.1, 0.15) is 12.4 Å². The summed E-state index contributed by atoms with van der Waals surface area (Å²) in [6, 6.07) is 13.4. The highest BCUT2D eigenvalue weighted by Gasteiger charge is 2.33. The van der Waals surface area contributed by atoms with E-state index in [-0.39, 0.29) is 17.7 Å². The van der Waals surface area contributed by atoms with Gasteiger partial charge in [0.05, 0.1) is 35.9 Å². The second-order valence-corrected chi connectivity index (χ2v) is 9.15. The Bertz CT molecular complexity index is 1120. The lowest BCUT2D eigenvalue weighted by atomic mass is 9.86. The molecule has 0 amide bonds. The molecule has 2 aromatic carbocycles. The highest BCUT2D eigenvalue weighted by Crippen LogP contribution is 2.42. The molecule has 1 aromatic heterocycles. The number of benzene rings is 2. The quantitative estimate of drug-likeness (QED) is 0.526. The number of aliphatic hydroxyl groups excluding tert-OH is 1. The van der Waals surface area contributed by atoms with Gasteiger partial charge in [-0.15, -0.1) is 0 Å². The van der Waals surface area contributed by atoms with E-state index >= 15 is 0 Å². The third kappa shape index (κ3) is 4.70. The van der Waals surface area contributed by atoms with Crippen molar-refractivity contribution >= 4 is 0 Å². The molecule has 0 spiro atoms. The Labute approximate surface area is 196 Å². The van der Waals surface area contributed by atoms with E-state index in [0.29, 0.717) is 19.6 Å². The summed E-state index contributed by atoms with van der Waals surface area (Å²) >= 11 is 0. The number of rotatable bonds is 7. The minimum atomic E-state index is -4.37. The maximum Gasteiger partial charge on any atom is 0.416 e. The molecule has 3 heterocycles. The Morgan fingerprint density at radius 1 is 1.09 bits per heavy atom. The molecule has 0 saturated carbocycles. The fourth-order valence-electron chi connectivity index (χ4n) is 5.21. The molecule has 1 saturated heterocycles. The van der Waals surface area contributed by atoms with Crippen LogP contribution in [0.25, 0.3) is 11.3 Å². The first-order valence-electron chi connectivity index (χ1n) is 11.7. The molecule has 180 valence electrons. The van der Waals surface area contributed by atoms with E-state index in [0.717, 1.165) is 43.8 Å². The molecule has 2 unspecified atom stereocenters. The number of ether oxygens (including phenoxy) is 1. The number of alkyl halides is 3. The molecule has 2 aliphatic rings. The summed E-state index contributed by atoms with van der Waals surface area (Å²) < 4.78 is 46.3. The van der Waals surface area contributed by atoms with Crippen molar-refractivity contribution in [2.75, 3.05) is 26.2 Å². The Morgan fingerprint density at radius 2 is 1.88 bits per heavy atom. The molecule has 34 heavy (non-hydrogen) atoms. The largest absolute Gasteiger partial charge is 0.492 e. The SMILES string of the molecule is OC(CC1c2ccccc2-c2cncn21)C1CCN(CCOc2cccc(C(F)(F)F)c2)CC1. The van der Waals surface area contributed by atoms with Crippen molar-refractivity contribution < 1.29 is 23.0 Å². The van der Waals surface area contributed by atoms with Crippen LogP contribution in [0, 0.1) is 5.92 Å². The number of hydrogen-bond acceptors (Lipinski definition) is 4. The first-order valence-corrected chi connectivity index (χ1v) is 11.7. The topological polar surface area (TPSA) is 50.5 Å². The number of likely N-dealkylation sites (tertiary alicyclic amines) is 1. The van der Waals surface area contributed by atoms with Crippen LogP contribution in [0.2, 0.25) is 0 Å². The smallest absolute Gasteiger partial charge is 0.416 e. The lowest BCUT2D eigenvalue weighted by Gasteiger charge is -2.35. The number of aromatic nitrogens is 2. The van der Waals surface area contributed by atoms with Crippen molar-refractivity contribution in [1.29, 1.82) is 0 Å². The summed E-state index contributed by atoms with van der Waals surface area (Å²) in [6.45, 7) is 2.65. The summed E-state index contributed by atoms with van der Waals surface area (Å²) in [5, 5.41) is 11.1. The highest BCUT2D eigenvalue weighted by atomic mass is 19.4. The van der Waals surface area contributed by atoms with Crippen LogP contribution >= 0.6 is 0 Å². The van der Waals surface area contributed by atoms with Crippen molar-refractivity contribution in [3.05, 3.63) is 72.2 Å². The zero-order chi connectivity index (χ0) is 23.7.